The Balaban J connectivity index is 1.59. The Morgan fingerprint density at radius 2 is 2.00 bits per heavy atom. The number of aliphatic carboxylic acids is 1. The predicted molar refractivity (Wildman–Crippen MR) is 80.4 cm³/mol. The van der Waals surface area contributed by atoms with Gasteiger partial charge in [-0.2, -0.15) is 0 Å². The molecule has 1 heterocycles. The van der Waals surface area contributed by atoms with Crippen molar-refractivity contribution in [1.29, 1.82) is 0 Å². The lowest BCUT2D eigenvalue weighted by molar-refractivity contribution is -0.142. The van der Waals surface area contributed by atoms with Crippen LogP contribution in [-0.4, -0.2) is 41.2 Å². The van der Waals surface area contributed by atoms with Crippen LogP contribution in [0.2, 0.25) is 0 Å². The van der Waals surface area contributed by atoms with Crippen LogP contribution in [0.1, 0.15) is 32.1 Å². The van der Waals surface area contributed by atoms with Crippen LogP contribution < -0.4 is 4.74 Å². The average Bonchev–Trinajstić information content (AvgIpc) is 2.89. The maximum Gasteiger partial charge on any atom is 0.320 e. The van der Waals surface area contributed by atoms with Gasteiger partial charge in [0.1, 0.15) is 24.2 Å². The maximum atomic E-state index is 12.9. The lowest BCUT2D eigenvalue weighted by Gasteiger charge is -2.32. The van der Waals surface area contributed by atoms with E-state index < -0.39 is 5.97 Å². The molecule has 2 fully saturated rings. The Kier molecular flexibility index (Phi) is 4.62. The van der Waals surface area contributed by atoms with Crippen molar-refractivity contribution in [3.63, 3.8) is 0 Å². The summed E-state index contributed by atoms with van der Waals surface area (Å²) in [5.74, 6) is 0.118. The number of hydrogen-bond acceptors (Lipinski definition) is 3. The van der Waals surface area contributed by atoms with Crippen molar-refractivity contribution < 1.29 is 19.0 Å². The number of carboxylic acid groups (broad SMARTS) is 1. The predicted octanol–water partition coefficient (Wildman–Crippen LogP) is 2.92. The third-order valence-corrected chi connectivity index (χ3v) is 4.94. The van der Waals surface area contributed by atoms with E-state index in [1.165, 1.54) is 25.0 Å². The highest BCUT2D eigenvalue weighted by molar-refractivity contribution is 5.74. The monoisotopic (exact) mass is 307 g/mol. The molecule has 0 aromatic heterocycles. The van der Waals surface area contributed by atoms with Crippen molar-refractivity contribution in [2.45, 2.75) is 44.2 Å². The van der Waals surface area contributed by atoms with Crippen molar-refractivity contribution in [1.82, 2.24) is 4.90 Å². The van der Waals surface area contributed by atoms with E-state index in [0.29, 0.717) is 30.9 Å². The molecule has 4 nitrogen and oxygen atoms in total. The second-order valence-corrected chi connectivity index (χ2v) is 6.24. The SMILES string of the molecule is O=C(O)[C@@H]1C[C@H]2CCCC[C@@H]2N1CCOc1ccc(F)cc1. The van der Waals surface area contributed by atoms with Gasteiger partial charge in [-0.1, -0.05) is 12.8 Å². The van der Waals surface area contributed by atoms with Crippen LogP contribution in [0.15, 0.2) is 24.3 Å². The highest BCUT2D eigenvalue weighted by Gasteiger charge is 2.44. The van der Waals surface area contributed by atoms with Crippen LogP contribution in [0, 0.1) is 11.7 Å². The van der Waals surface area contributed by atoms with Crippen LogP contribution in [-0.2, 0) is 4.79 Å². The number of nitrogens with zero attached hydrogens (tertiary/aromatic N) is 1. The minimum absolute atomic E-state index is 0.289. The van der Waals surface area contributed by atoms with E-state index in [9.17, 15) is 14.3 Å². The number of carbonyl (C=O) groups is 1. The molecule has 0 amide bonds. The topological polar surface area (TPSA) is 49.8 Å². The molecule has 1 aromatic carbocycles. The molecule has 1 aliphatic heterocycles. The molecule has 1 N–H and O–H groups in total. The normalized spacial score (nSPS) is 28.3. The van der Waals surface area contributed by atoms with Gasteiger partial charge in [0.25, 0.3) is 0 Å². The molecule has 0 unspecified atom stereocenters. The van der Waals surface area contributed by atoms with Crippen molar-refractivity contribution in [2.24, 2.45) is 5.92 Å². The Morgan fingerprint density at radius 3 is 2.73 bits per heavy atom. The van der Waals surface area contributed by atoms with Crippen LogP contribution in [0.25, 0.3) is 0 Å². The fourth-order valence-corrected chi connectivity index (χ4v) is 3.92. The number of likely N-dealkylation sites (tertiary alicyclic amines) is 1. The lowest BCUT2D eigenvalue weighted by atomic mass is 9.85. The number of rotatable bonds is 5. The first-order valence-electron chi connectivity index (χ1n) is 8.02. The highest BCUT2D eigenvalue weighted by atomic mass is 19.1. The Morgan fingerprint density at radius 1 is 1.27 bits per heavy atom. The molecular formula is C17H22FNO3. The van der Waals surface area contributed by atoms with Gasteiger partial charge in [-0.25, -0.2) is 4.39 Å². The van der Waals surface area contributed by atoms with Gasteiger partial charge >= 0.3 is 5.97 Å². The first-order chi connectivity index (χ1) is 10.6. The summed E-state index contributed by atoms with van der Waals surface area (Å²) in [5, 5.41) is 9.45. The number of carboxylic acids is 1. The fourth-order valence-electron chi connectivity index (χ4n) is 3.92. The van der Waals surface area contributed by atoms with Gasteiger partial charge in [-0.3, -0.25) is 9.69 Å². The van der Waals surface area contributed by atoms with E-state index in [4.69, 9.17) is 4.74 Å². The first kappa shape index (κ1) is 15.3. The summed E-state index contributed by atoms with van der Waals surface area (Å²) in [7, 11) is 0. The largest absolute Gasteiger partial charge is 0.492 e. The zero-order valence-electron chi connectivity index (χ0n) is 12.6. The number of hydrogen-bond donors (Lipinski definition) is 1. The quantitative estimate of drug-likeness (QED) is 0.908. The van der Waals surface area contributed by atoms with Gasteiger partial charge in [0.2, 0.25) is 0 Å². The molecule has 2 aliphatic rings. The number of halogens is 1. The zero-order chi connectivity index (χ0) is 15.5. The highest BCUT2D eigenvalue weighted by Crippen LogP contribution is 2.39. The van der Waals surface area contributed by atoms with Crippen molar-refractivity contribution in [3.8, 4) is 5.75 Å². The number of benzene rings is 1. The molecule has 3 atom stereocenters. The van der Waals surface area contributed by atoms with E-state index in [2.05, 4.69) is 4.90 Å². The molecule has 0 bridgehead atoms. The molecule has 1 saturated carbocycles. The Bertz CT molecular complexity index is 519. The summed E-state index contributed by atoms with van der Waals surface area (Å²) in [6.45, 7) is 1.04. The molecular weight excluding hydrogens is 285 g/mol. The van der Waals surface area contributed by atoms with Gasteiger partial charge in [0.15, 0.2) is 0 Å². The van der Waals surface area contributed by atoms with Crippen LogP contribution in [0.3, 0.4) is 0 Å². The van der Waals surface area contributed by atoms with Crippen LogP contribution >= 0.6 is 0 Å². The van der Waals surface area contributed by atoms with E-state index in [1.54, 1.807) is 12.1 Å². The summed E-state index contributed by atoms with van der Waals surface area (Å²) in [4.78, 5) is 13.6. The van der Waals surface area contributed by atoms with Gasteiger partial charge < -0.3 is 9.84 Å². The van der Waals surface area contributed by atoms with Crippen LogP contribution in [0.4, 0.5) is 4.39 Å². The molecule has 3 rings (SSSR count). The second kappa shape index (κ2) is 6.65. The van der Waals surface area contributed by atoms with Crippen molar-refractivity contribution >= 4 is 5.97 Å². The Labute approximate surface area is 129 Å². The van der Waals surface area contributed by atoms with Gasteiger partial charge in [-0.05, 0) is 49.4 Å². The van der Waals surface area contributed by atoms with Crippen LogP contribution in [0.5, 0.6) is 5.75 Å². The molecule has 1 saturated heterocycles. The number of ether oxygens (including phenoxy) is 1. The molecule has 1 aromatic rings. The Hall–Kier alpha value is -1.62. The average molecular weight is 307 g/mol. The maximum absolute atomic E-state index is 12.9. The first-order valence-corrected chi connectivity index (χ1v) is 8.02. The fraction of sp³-hybridized carbons (Fsp3) is 0.588. The van der Waals surface area contributed by atoms with E-state index in [1.807, 2.05) is 0 Å². The van der Waals surface area contributed by atoms with E-state index >= 15 is 0 Å². The molecule has 22 heavy (non-hydrogen) atoms. The molecule has 120 valence electrons. The van der Waals surface area contributed by atoms with E-state index in [-0.39, 0.29) is 11.9 Å². The minimum atomic E-state index is -0.726. The molecule has 0 radical (unpaired) electrons. The summed E-state index contributed by atoms with van der Waals surface area (Å²) in [6.07, 6.45) is 5.39. The third kappa shape index (κ3) is 3.24. The number of fused-ring (bicyclic) bond motifs is 1. The van der Waals surface area contributed by atoms with Gasteiger partial charge in [0.05, 0.1) is 0 Å². The van der Waals surface area contributed by atoms with Gasteiger partial charge in [0, 0.05) is 12.6 Å². The standard InChI is InChI=1S/C17H22FNO3/c18-13-5-7-14(8-6-13)22-10-9-19-15-4-2-1-3-12(15)11-16(19)17(20)21/h5-8,12,15-16H,1-4,9-11H2,(H,20,21)/t12-,15+,16+/m1/s1. The summed E-state index contributed by atoms with van der Waals surface area (Å²) in [6, 6.07) is 5.91. The summed E-state index contributed by atoms with van der Waals surface area (Å²) >= 11 is 0. The van der Waals surface area contributed by atoms with E-state index in [0.717, 1.165) is 19.3 Å². The van der Waals surface area contributed by atoms with Gasteiger partial charge in [-0.15, -0.1) is 0 Å². The van der Waals surface area contributed by atoms with Crippen molar-refractivity contribution in [3.05, 3.63) is 30.1 Å². The third-order valence-electron chi connectivity index (χ3n) is 4.94. The lowest BCUT2D eigenvalue weighted by Crippen LogP contribution is -2.44. The zero-order valence-corrected chi connectivity index (χ0v) is 12.6. The molecule has 0 spiro atoms. The smallest absolute Gasteiger partial charge is 0.320 e. The molecule has 5 heteroatoms. The summed E-state index contributed by atoms with van der Waals surface area (Å²) < 4.78 is 18.5. The molecule has 1 aliphatic carbocycles. The van der Waals surface area contributed by atoms with Crippen molar-refractivity contribution in [2.75, 3.05) is 13.2 Å². The second-order valence-electron chi connectivity index (χ2n) is 6.24. The minimum Gasteiger partial charge on any atom is -0.492 e. The summed E-state index contributed by atoms with van der Waals surface area (Å²) in [5.41, 5.74) is 0.